The summed E-state index contributed by atoms with van der Waals surface area (Å²) in [6.07, 6.45) is 0.407. The molecule has 0 saturated carbocycles. The highest BCUT2D eigenvalue weighted by Crippen LogP contribution is 2.29. The van der Waals surface area contributed by atoms with E-state index in [-0.39, 0.29) is 12.3 Å². The summed E-state index contributed by atoms with van der Waals surface area (Å²) in [5.74, 6) is -2.07. The van der Waals surface area contributed by atoms with Gasteiger partial charge in [0.15, 0.2) is 0 Å². The van der Waals surface area contributed by atoms with Crippen LogP contribution in [0.3, 0.4) is 0 Å². The van der Waals surface area contributed by atoms with Gasteiger partial charge >= 0.3 is 11.9 Å². The van der Waals surface area contributed by atoms with Crippen LogP contribution >= 0.6 is 34.5 Å². The zero-order valence-corrected chi connectivity index (χ0v) is 17.1. The van der Waals surface area contributed by atoms with Crippen molar-refractivity contribution in [3.05, 3.63) is 39.3 Å². The summed E-state index contributed by atoms with van der Waals surface area (Å²) in [7, 11) is 0. The van der Waals surface area contributed by atoms with Crippen molar-refractivity contribution in [2.24, 2.45) is 5.92 Å². The van der Waals surface area contributed by atoms with Crippen molar-refractivity contribution in [2.45, 2.75) is 38.8 Å². The Kier molecular flexibility index (Phi) is 7.61. The Labute approximate surface area is 171 Å². The van der Waals surface area contributed by atoms with Crippen LogP contribution in [0.25, 0.3) is 10.6 Å². The zero-order chi connectivity index (χ0) is 20.1. The van der Waals surface area contributed by atoms with E-state index in [4.69, 9.17) is 23.2 Å². The summed E-state index contributed by atoms with van der Waals surface area (Å²) >= 11 is 13.4. The summed E-state index contributed by atoms with van der Waals surface area (Å²) in [6.45, 7) is 3.77. The van der Waals surface area contributed by atoms with Crippen LogP contribution in [0.4, 0.5) is 0 Å². The Balaban J connectivity index is 2.16. The molecule has 0 radical (unpaired) electrons. The van der Waals surface area contributed by atoms with E-state index in [0.29, 0.717) is 27.2 Å². The molecule has 0 aliphatic rings. The number of nitrogens with zero attached hydrogens (tertiary/aromatic N) is 1. The van der Waals surface area contributed by atoms with Crippen molar-refractivity contribution in [1.29, 1.82) is 0 Å². The van der Waals surface area contributed by atoms with Crippen LogP contribution in [0, 0.1) is 5.92 Å². The minimum atomic E-state index is -1.12. The Morgan fingerprint density at radius 1 is 1.11 bits per heavy atom. The van der Waals surface area contributed by atoms with Gasteiger partial charge in [0, 0.05) is 27.4 Å². The van der Waals surface area contributed by atoms with Crippen molar-refractivity contribution in [2.75, 3.05) is 0 Å². The van der Waals surface area contributed by atoms with Crippen LogP contribution < -0.4 is 5.32 Å². The largest absolute Gasteiger partial charge is 0.480 e. The third-order valence-corrected chi connectivity index (χ3v) is 5.16. The number of aromatic nitrogens is 1. The first-order chi connectivity index (χ1) is 12.7. The van der Waals surface area contributed by atoms with Crippen molar-refractivity contribution >= 4 is 46.5 Å². The lowest BCUT2D eigenvalue weighted by molar-refractivity contribution is -0.142. The summed E-state index contributed by atoms with van der Waals surface area (Å²) in [5, 5.41) is 24.9. The fraction of sp³-hybridized carbons (Fsp3) is 0.389. The van der Waals surface area contributed by atoms with Crippen molar-refractivity contribution in [1.82, 2.24) is 10.3 Å². The molecule has 1 aromatic heterocycles. The second kappa shape index (κ2) is 9.50. The molecular weight excluding hydrogens is 411 g/mol. The number of rotatable bonds is 9. The molecule has 9 heteroatoms. The molecule has 146 valence electrons. The van der Waals surface area contributed by atoms with E-state index in [1.807, 2.05) is 13.8 Å². The van der Waals surface area contributed by atoms with E-state index < -0.39 is 24.0 Å². The van der Waals surface area contributed by atoms with E-state index in [2.05, 4.69) is 10.3 Å². The predicted octanol–water partition coefficient (Wildman–Crippen LogP) is 4.20. The molecule has 0 saturated heterocycles. The van der Waals surface area contributed by atoms with Crippen LogP contribution in [-0.4, -0.2) is 39.2 Å². The Morgan fingerprint density at radius 3 is 2.22 bits per heavy atom. The molecular formula is C18H20Cl2N2O4S. The highest BCUT2D eigenvalue weighted by atomic mass is 35.5. The molecule has 0 aliphatic carbocycles. The van der Waals surface area contributed by atoms with Gasteiger partial charge in [0.25, 0.3) is 0 Å². The second-order valence-electron chi connectivity index (χ2n) is 6.58. The Hall–Kier alpha value is -1.67. The van der Waals surface area contributed by atoms with Crippen molar-refractivity contribution in [3.8, 4) is 10.6 Å². The van der Waals surface area contributed by atoms with Crippen molar-refractivity contribution < 1.29 is 19.8 Å². The summed E-state index contributed by atoms with van der Waals surface area (Å²) in [6, 6.07) is 3.09. The molecule has 6 nitrogen and oxygen atoms in total. The third kappa shape index (κ3) is 6.46. The number of nitrogens with one attached hydrogen (secondary N) is 1. The normalized spacial score (nSPS) is 13.5. The summed E-state index contributed by atoms with van der Waals surface area (Å²) < 4.78 is 0. The number of aliphatic carboxylic acids is 2. The lowest BCUT2D eigenvalue weighted by Gasteiger charge is -2.21. The molecule has 2 aromatic rings. The molecule has 27 heavy (non-hydrogen) atoms. The molecule has 0 bridgehead atoms. The van der Waals surface area contributed by atoms with Gasteiger partial charge in [0.05, 0.1) is 5.69 Å². The van der Waals surface area contributed by atoms with E-state index in [0.717, 1.165) is 5.56 Å². The van der Waals surface area contributed by atoms with Gasteiger partial charge in [-0.1, -0.05) is 37.0 Å². The minimum absolute atomic E-state index is 0.0714. The van der Waals surface area contributed by atoms with Gasteiger partial charge in [-0.15, -0.1) is 11.3 Å². The fourth-order valence-corrected chi connectivity index (χ4v) is 3.94. The SMILES string of the molecule is CC(C)CC(N[C@@H](Cc1csc(-c2cc(Cl)cc(Cl)c2)n1)C(=O)O)C(=O)O. The summed E-state index contributed by atoms with van der Waals surface area (Å²) in [5.41, 5.74) is 1.30. The highest BCUT2D eigenvalue weighted by molar-refractivity contribution is 7.13. The molecule has 2 atom stereocenters. The number of carboxylic acids is 2. The van der Waals surface area contributed by atoms with Gasteiger partial charge in [-0.25, -0.2) is 4.98 Å². The standard InChI is InChI=1S/C18H20Cl2N2O4S/c1-9(2)3-14(17(23)24)22-15(18(25)26)7-13-8-27-16(21-13)10-4-11(19)6-12(20)5-10/h4-6,8-9,14-15,22H,3,7H2,1-2H3,(H,23,24)(H,25,26)/t14?,15-/m0/s1. The number of carbonyl (C=O) groups is 2. The van der Waals surface area contributed by atoms with E-state index in [1.54, 1.807) is 23.6 Å². The van der Waals surface area contributed by atoms with E-state index in [9.17, 15) is 19.8 Å². The predicted molar refractivity (Wildman–Crippen MR) is 107 cm³/mol. The van der Waals surface area contributed by atoms with Crippen LogP contribution in [0.2, 0.25) is 10.0 Å². The van der Waals surface area contributed by atoms with Crippen LogP contribution in [0.1, 0.15) is 26.0 Å². The molecule has 1 heterocycles. The number of carboxylic acid groups (broad SMARTS) is 2. The number of thiazole rings is 1. The Bertz CT molecular complexity index is 805. The van der Waals surface area contributed by atoms with Crippen LogP contribution in [0.15, 0.2) is 23.6 Å². The molecule has 2 rings (SSSR count). The lowest BCUT2D eigenvalue weighted by Crippen LogP contribution is -2.48. The van der Waals surface area contributed by atoms with Gasteiger partial charge in [-0.05, 0) is 30.5 Å². The van der Waals surface area contributed by atoms with Gasteiger partial charge in [-0.3, -0.25) is 14.9 Å². The molecule has 1 unspecified atom stereocenters. The molecule has 0 spiro atoms. The zero-order valence-electron chi connectivity index (χ0n) is 14.8. The quantitative estimate of drug-likeness (QED) is 0.550. The number of benzene rings is 1. The van der Waals surface area contributed by atoms with Crippen molar-refractivity contribution in [3.63, 3.8) is 0 Å². The van der Waals surface area contributed by atoms with Gasteiger partial charge < -0.3 is 10.2 Å². The minimum Gasteiger partial charge on any atom is -0.480 e. The Morgan fingerprint density at radius 2 is 1.70 bits per heavy atom. The van der Waals surface area contributed by atoms with Gasteiger partial charge in [-0.2, -0.15) is 0 Å². The molecule has 0 fully saturated rings. The molecule has 1 aromatic carbocycles. The number of hydrogen-bond acceptors (Lipinski definition) is 5. The topological polar surface area (TPSA) is 99.5 Å². The fourth-order valence-electron chi connectivity index (χ4n) is 2.59. The average Bonchev–Trinajstić information content (AvgIpc) is 3.00. The smallest absolute Gasteiger partial charge is 0.321 e. The first kappa shape index (κ1) is 21.6. The van der Waals surface area contributed by atoms with Gasteiger partial charge in [0.1, 0.15) is 17.1 Å². The maximum atomic E-state index is 11.6. The van der Waals surface area contributed by atoms with E-state index in [1.165, 1.54) is 11.3 Å². The first-order valence-electron chi connectivity index (χ1n) is 8.28. The average molecular weight is 431 g/mol. The van der Waals surface area contributed by atoms with Crippen LogP contribution in [-0.2, 0) is 16.0 Å². The first-order valence-corrected chi connectivity index (χ1v) is 9.91. The number of halogens is 2. The third-order valence-electron chi connectivity index (χ3n) is 3.78. The molecule has 0 aliphatic heterocycles. The lowest BCUT2D eigenvalue weighted by atomic mass is 10.0. The van der Waals surface area contributed by atoms with Crippen LogP contribution in [0.5, 0.6) is 0 Å². The maximum absolute atomic E-state index is 11.6. The van der Waals surface area contributed by atoms with Gasteiger partial charge in [0.2, 0.25) is 0 Å². The molecule has 0 amide bonds. The maximum Gasteiger partial charge on any atom is 0.321 e. The number of hydrogen-bond donors (Lipinski definition) is 3. The monoisotopic (exact) mass is 430 g/mol. The summed E-state index contributed by atoms with van der Waals surface area (Å²) in [4.78, 5) is 27.5. The second-order valence-corrected chi connectivity index (χ2v) is 8.32. The van der Waals surface area contributed by atoms with E-state index >= 15 is 0 Å². The molecule has 3 N–H and O–H groups in total. The highest BCUT2D eigenvalue weighted by Gasteiger charge is 2.27.